The van der Waals surface area contributed by atoms with Crippen molar-refractivity contribution in [2.75, 3.05) is 24.7 Å². The van der Waals surface area contributed by atoms with Crippen molar-refractivity contribution in [3.8, 4) is 11.4 Å². The Labute approximate surface area is 178 Å². The zero-order chi connectivity index (χ0) is 22.1. The second-order valence-electron chi connectivity index (χ2n) is 8.13. The minimum absolute atomic E-state index is 0.103. The van der Waals surface area contributed by atoms with Crippen LogP contribution >= 0.6 is 11.9 Å². The van der Waals surface area contributed by atoms with Gasteiger partial charge in [-0.3, -0.25) is 4.31 Å². The standard InChI is InChI=1S/C19H27F3N6OS/c1-18(2,29)9-15-25-14(11-27(15)3)16-13(19(20,21)22)10-23-17(26-16)24-12-5-7-28(30-4)8-6-12/h10-12,29H,5-9H2,1-4H3,(H,23,24,26). The van der Waals surface area contributed by atoms with Crippen molar-refractivity contribution in [1.82, 2.24) is 23.8 Å². The molecule has 1 aliphatic rings. The largest absolute Gasteiger partial charge is 0.420 e. The van der Waals surface area contributed by atoms with Crippen LogP contribution in [0.15, 0.2) is 12.4 Å². The highest BCUT2D eigenvalue weighted by molar-refractivity contribution is 7.96. The van der Waals surface area contributed by atoms with Crippen LogP contribution in [0.2, 0.25) is 0 Å². The van der Waals surface area contributed by atoms with Gasteiger partial charge in [-0.25, -0.2) is 15.0 Å². The highest BCUT2D eigenvalue weighted by Crippen LogP contribution is 2.36. The molecular weight excluding hydrogens is 417 g/mol. The van der Waals surface area contributed by atoms with E-state index in [9.17, 15) is 18.3 Å². The van der Waals surface area contributed by atoms with Crippen LogP contribution in [0.3, 0.4) is 0 Å². The van der Waals surface area contributed by atoms with E-state index in [2.05, 4.69) is 24.6 Å². The molecule has 0 unspecified atom stereocenters. The first-order valence-corrected chi connectivity index (χ1v) is 10.9. The van der Waals surface area contributed by atoms with Gasteiger partial charge in [0, 0.05) is 45.0 Å². The molecular formula is C19H27F3N6OS. The summed E-state index contributed by atoms with van der Waals surface area (Å²) in [6.07, 6.45) is 1.66. The Hall–Kier alpha value is -1.85. The quantitative estimate of drug-likeness (QED) is 0.662. The van der Waals surface area contributed by atoms with Gasteiger partial charge in [0.05, 0.1) is 5.60 Å². The molecule has 166 valence electrons. The Morgan fingerprint density at radius 2 is 1.90 bits per heavy atom. The number of piperidine rings is 1. The van der Waals surface area contributed by atoms with Crippen LogP contribution in [-0.2, 0) is 19.6 Å². The third kappa shape index (κ3) is 5.64. The SMILES string of the molecule is CSN1CCC(Nc2ncc(C(F)(F)F)c(-c3cn(C)c(CC(C)(C)O)n3)n2)CC1. The Kier molecular flexibility index (Phi) is 6.63. The van der Waals surface area contributed by atoms with Gasteiger partial charge in [-0.2, -0.15) is 13.2 Å². The van der Waals surface area contributed by atoms with E-state index in [4.69, 9.17) is 0 Å². The van der Waals surface area contributed by atoms with Crippen LogP contribution in [0.1, 0.15) is 38.1 Å². The predicted molar refractivity (Wildman–Crippen MR) is 111 cm³/mol. The van der Waals surface area contributed by atoms with Gasteiger partial charge < -0.3 is 15.0 Å². The molecule has 3 heterocycles. The zero-order valence-electron chi connectivity index (χ0n) is 17.5. The Morgan fingerprint density at radius 3 is 2.47 bits per heavy atom. The number of nitrogens with zero attached hydrogens (tertiary/aromatic N) is 5. The third-order valence-corrected chi connectivity index (χ3v) is 5.83. The van der Waals surface area contributed by atoms with E-state index in [0.29, 0.717) is 5.82 Å². The fourth-order valence-corrected chi connectivity index (χ4v) is 3.97. The fourth-order valence-electron chi connectivity index (χ4n) is 3.39. The van der Waals surface area contributed by atoms with E-state index in [1.807, 2.05) is 6.26 Å². The maximum absolute atomic E-state index is 13.6. The summed E-state index contributed by atoms with van der Waals surface area (Å²) in [4.78, 5) is 12.4. The van der Waals surface area contributed by atoms with Gasteiger partial charge in [-0.15, -0.1) is 0 Å². The molecule has 3 rings (SSSR count). The monoisotopic (exact) mass is 444 g/mol. The molecule has 11 heteroatoms. The molecule has 0 radical (unpaired) electrons. The first kappa shape index (κ1) is 22.8. The number of aliphatic hydroxyl groups is 1. The summed E-state index contributed by atoms with van der Waals surface area (Å²) >= 11 is 1.69. The van der Waals surface area contributed by atoms with Gasteiger partial charge in [-0.1, -0.05) is 11.9 Å². The number of aromatic nitrogens is 4. The minimum Gasteiger partial charge on any atom is -0.390 e. The van der Waals surface area contributed by atoms with Crippen LogP contribution in [0.5, 0.6) is 0 Å². The summed E-state index contributed by atoms with van der Waals surface area (Å²) in [6, 6.07) is 0.104. The fraction of sp³-hybridized carbons (Fsp3) is 0.632. The van der Waals surface area contributed by atoms with Crippen molar-refractivity contribution < 1.29 is 18.3 Å². The van der Waals surface area contributed by atoms with Crippen LogP contribution < -0.4 is 5.32 Å². The van der Waals surface area contributed by atoms with Crippen molar-refractivity contribution in [2.24, 2.45) is 7.05 Å². The van der Waals surface area contributed by atoms with Crippen molar-refractivity contribution in [2.45, 2.75) is 50.9 Å². The first-order valence-electron chi connectivity index (χ1n) is 9.71. The third-order valence-electron chi connectivity index (χ3n) is 4.95. The van der Waals surface area contributed by atoms with Crippen molar-refractivity contribution >= 4 is 17.9 Å². The zero-order valence-corrected chi connectivity index (χ0v) is 18.3. The normalized spacial score (nSPS) is 16.8. The number of halogens is 3. The molecule has 0 aromatic carbocycles. The maximum Gasteiger partial charge on any atom is 0.420 e. The molecule has 2 aromatic rings. The molecule has 0 aliphatic carbocycles. The van der Waals surface area contributed by atoms with E-state index < -0.39 is 17.3 Å². The van der Waals surface area contributed by atoms with Crippen LogP contribution in [0.25, 0.3) is 11.4 Å². The van der Waals surface area contributed by atoms with Crippen molar-refractivity contribution in [1.29, 1.82) is 0 Å². The molecule has 1 fully saturated rings. The van der Waals surface area contributed by atoms with Gasteiger partial charge in [0.2, 0.25) is 5.95 Å². The maximum atomic E-state index is 13.6. The van der Waals surface area contributed by atoms with Crippen molar-refractivity contribution in [3.05, 3.63) is 23.8 Å². The molecule has 2 aromatic heterocycles. The van der Waals surface area contributed by atoms with E-state index in [1.165, 1.54) is 6.20 Å². The molecule has 30 heavy (non-hydrogen) atoms. The molecule has 1 aliphatic heterocycles. The van der Waals surface area contributed by atoms with Gasteiger partial charge in [0.25, 0.3) is 0 Å². The van der Waals surface area contributed by atoms with Gasteiger partial charge >= 0.3 is 6.18 Å². The number of aryl methyl sites for hydroxylation is 1. The number of hydrogen-bond acceptors (Lipinski definition) is 7. The average molecular weight is 445 g/mol. The van der Waals surface area contributed by atoms with Gasteiger partial charge in [0.15, 0.2) is 0 Å². The number of imidazole rings is 1. The molecule has 0 amide bonds. The number of rotatable bonds is 6. The van der Waals surface area contributed by atoms with Crippen molar-refractivity contribution in [3.63, 3.8) is 0 Å². The lowest BCUT2D eigenvalue weighted by molar-refractivity contribution is -0.137. The van der Waals surface area contributed by atoms with Gasteiger partial charge in [0.1, 0.15) is 22.8 Å². The van der Waals surface area contributed by atoms with E-state index in [-0.39, 0.29) is 29.8 Å². The van der Waals surface area contributed by atoms with E-state index >= 15 is 0 Å². The molecule has 0 bridgehead atoms. The van der Waals surface area contributed by atoms with Crippen LogP contribution in [0, 0.1) is 0 Å². The topological polar surface area (TPSA) is 79.1 Å². The molecule has 0 atom stereocenters. The predicted octanol–water partition coefficient (Wildman–Crippen LogP) is 3.36. The molecule has 0 saturated carbocycles. The summed E-state index contributed by atoms with van der Waals surface area (Å²) < 4.78 is 44.7. The summed E-state index contributed by atoms with van der Waals surface area (Å²) in [7, 11) is 1.69. The van der Waals surface area contributed by atoms with Gasteiger partial charge in [-0.05, 0) is 32.9 Å². The minimum atomic E-state index is -4.61. The highest BCUT2D eigenvalue weighted by Gasteiger charge is 2.36. The highest BCUT2D eigenvalue weighted by atomic mass is 32.2. The molecule has 2 N–H and O–H groups in total. The second kappa shape index (κ2) is 8.72. The van der Waals surface area contributed by atoms with Crippen LogP contribution in [-0.4, -0.2) is 59.9 Å². The Morgan fingerprint density at radius 1 is 1.23 bits per heavy atom. The summed E-state index contributed by atoms with van der Waals surface area (Å²) in [6.45, 7) is 5.04. The van der Waals surface area contributed by atoms with E-state index in [0.717, 1.165) is 32.1 Å². The number of anilines is 1. The molecule has 0 spiro atoms. The molecule has 1 saturated heterocycles. The summed E-state index contributed by atoms with van der Waals surface area (Å²) in [5.74, 6) is 0.637. The lowest BCUT2D eigenvalue weighted by Gasteiger charge is -2.30. The number of alkyl halides is 3. The van der Waals surface area contributed by atoms with Crippen LogP contribution in [0.4, 0.5) is 19.1 Å². The summed E-state index contributed by atoms with van der Waals surface area (Å²) in [5.41, 5.74) is -2.13. The smallest absolute Gasteiger partial charge is 0.390 e. The summed E-state index contributed by atoms with van der Waals surface area (Å²) in [5, 5.41) is 13.2. The second-order valence-corrected chi connectivity index (χ2v) is 9.01. The Balaban J connectivity index is 1.90. The van der Waals surface area contributed by atoms with E-state index in [1.54, 1.807) is 37.4 Å². The Bertz CT molecular complexity index is 872. The number of hydrogen-bond donors (Lipinski definition) is 2. The first-order chi connectivity index (χ1) is 14.0. The average Bonchev–Trinajstić information content (AvgIpc) is 3.00. The molecule has 7 nitrogen and oxygen atoms in total. The lowest BCUT2D eigenvalue weighted by atomic mass is 10.1. The lowest BCUT2D eigenvalue weighted by Crippen LogP contribution is -2.35. The number of nitrogens with one attached hydrogen (secondary N) is 1.